The lowest BCUT2D eigenvalue weighted by Gasteiger charge is -2.27. The summed E-state index contributed by atoms with van der Waals surface area (Å²) in [6.45, 7) is 0. The molecule has 0 rings (SSSR count). The zero-order valence-electron chi connectivity index (χ0n) is 6.43. The van der Waals surface area contributed by atoms with Crippen LogP contribution < -0.4 is 0 Å². The van der Waals surface area contributed by atoms with Crippen LogP contribution in [0.4, 0.5) is 0 Å². The normalized spacial score (nSPS) is 13.7. The summed E-state index contributed by atoms with van der Waals surface area (Å²) in [7, 11) is 5.66. The number of ether oxygens (including phenoxy) is 3. The predicted molar refractivity (Wildman–Crippen MR) is 42.2 cm³/mol. The van der Waals surface area contributed by atoms with Crippen LogP contribution in [0.15, 0.2) is 0 Å². The Balaban J connectivity index is 3.82. The average Bonchev–Trinajstić information content (AvgIpc) is 1.95. The first-order chi connectivity index (χ1) is 4.24. The summed E-state index contributed by atoms with van der Waals surface area (Å²) < 4.78 is 15.1. The summed E-state index contributed by atoms with van der Waals surface area (Å²) in [6, 6.07) is 0. The Morgan fingerprint density at radius 2 is 1.44 bits per heavy atom. The Kier molecular flexibility index (Phi) is 4.33. The van der Waals surface area contributed by atoms with Gasteiger partial charge in [0.15, 0.2) is 0 Å². The van der Waals surface area contributed by atoms with Gasteiger partial charge in [-0.1, -0.05) is 0 Å². The fourth-order valence-electron chi connectivity index (χ4n) is 0.683. The Bertz CT molecular complexity index is 56.7. The Hall–Kier alpha value is 0.314. The Morgan fingerprint density at radius 1 is 1.11 bits per heavy atom. The first kappa shape index (κ1) is 9.31. The van der Waals surface area contributed by atoms with Gasteiger partial charge in [0.25, 0.3) is 0 Å². The molecule has 0 saturated heterocycles. The van der Waals surface area contributed by atoms with Crippen molar-refractivity contribution in [3.05, 3.63) is 0 Å². The molecule has 0 aliphatic carbocycles. The molecule has 56 valence electrons. The van der Waals surface area contributed by atoms with E-state index in [0.717, 1.165) is 9.76 Å². The lowest BCUT2D eigenvalue weighted by atomic mass is 11.1. The van der Waals surface area contributed by atoms with E-state index in [2.05, 4.69) is 0 Å². The van der Waals surface area contributed by atoms with Gasteiger partial charge in [-0.25, -0.2) is 0 Å². The quantitative estimate of drug-likeness (QED) is 0.357. The van der Waals surface area contributed by atoms with Gasteiger partial charge in [-0.15, -0.1) is 0 Å². The molecule has 5 heteroatoms. The number of methoxy groups -OCH3 is 3. The summed E-state index contributed by atoms with van der Waals surface area (Å²) in [5.41, 5.74) is -0.633. The van der Waals surface area contributed by atoms with Gasteiger partial charge in [0.2, 0.25) is 5.60 Å². The van der Waals surface area contributed by atoms with Crippen LogP contribution in [0.25, 0.3) is 0 Å². The van der Waals surface area contributed by atoms with Gasteiger partial charge in [0.05, 0.1) is 0 Å². The van der Waals surface area contributed by atoms with E-state index in [9.17, 15) is 0 Å². The van der Waals surface area contributed by atoms with Gasteiger partial charge in [-0.3, -0.25) is 0 Å². The number of rotatable bonds is 4. The highest BCUT2D eigenvalue weighted by Gasteiger charge is 2.25. The van der Waals surface area contributed by atoms with Crippen LogP contribution in [0.2, 0.25) is 0 Å². The van der Waals surface area contributed by atoms with E-state index in [1.165, 1.54) is 0 Å². The third-order valence-corrected chi connectivity index (χ3v) is 5.70. The van der Waals surface area contributed by atoms with E-state index in [1.807, 2.05) is 0 Å². The molecule has 0 aliphatic heterocycles. The maximum Gasteiger partial charge on any atom is 0.244 e. The van der Waals surface area contributed by atoms with E-state index in [-0.39, 0.29) is 9.04 Å². The van der Waals surface area contributed by atoms with Gasteiger partial charge in [0.1, 0.15) is 9.04 Å². The second-order valence-electron chi connectivity index (χ2n) is 1.65. The molecule has 0 heterocycles. The average molecular weight is 166 g/mol. The minimum atomic E-state index is -0.633. The number of hydrogen-bond acceptors (Lipinski definition) is 3. The van der Waals surface area contributed by atoms with Crippen molar-refractivity contribution in [3.63, 3.8) is 0 Å². The minimum absolute atomic E-state index is 0.307. The van der Waals surface area contributed by atoms with Crippen molar-refractivity contribution in [2.24, 2.45) is 0 Å². The second-order valence-corrected chi connectivity index (χ2v) is 5.34. The van der Waals surface area contributed by atoms with Crippen LogP contribution in [0.5, 0.6) is 0 Å². The topological polar surface area (TPSA) is 27.7 Å². The maximum atomic E-state index is 5.04. The molecule has 0 aromatic heterocycles. The fourth-order valence-corrected chi connectivity index (χ4v) is 4.15. The van der Waals surface area contributed by atoms with E-state index in [4.69, 9.17) is 14.2 Å². The largest absolute Gasteiger partial charge is 0.336 e. The smallest absolute Gasteiger partial charge is 0.244 e. The predicted octanol–water partition coefficient (Wildman–Crippen LogP) is -2.01. The highest BCUT2D eigenvalue weighted by molar-refractivity contribution is 6.90. The molecule has 0 aromatic carbocycles. The molecule has 0 bridgehead atoms. The lowest BCUT2D eigenvalue weighted by molar-refractivity contribution is -0.293. The van der Waals surface area contributed by atoms with E-state index in [0.29, 0.717) is 0 Å². The highest BCUT2D eigenvalue weighted by Crippen LogP contribution is 2.07. The zero-order valence-corrected chi connectivity index (χ0v) is 9.85. The first-order valence-corrected chi connectivity index (χ1v) is 9.26. The zero-order chi connectivity index (χ0) is 7.33. The molecule has 0 unspecified atom stereocenters. The molecule has 0 spiro atoms. The van der Waals surface area contributed by atoms with Crippen LogP contribution in [0.3, 0.4) is 0 Å². The summed E-state index contributed by atoms with van der Waals surface area (Å²) >= 11 is 0. The lowest BCUT2D eigenvalue weighted by Crippen LogP contribution is -2.42. The molecule has 0 amide bonds. The molecule has 0 fully saturated rings. The summed E-state index contributed by atoms with van der Waals surface area (Å²) in [5.74, 6) is 0. The highest BCUT2D eigenvalue weighted by atomic mass is 29.1. The second kappa shape index (κ2) is 4.18. The van der Waals surface area contributed by atoms with E-state index in [1.54, 1.807) is 21.3 Å². The molecule has 0 saturated carbocycles. The Morgan fingerprint density at radius 3 is 1.44 bits per heavy atom. The van der Waals surface area contributed by atoms with Crippen molar-refractivity contribution in [3.8, 4) is 0 Å². The summed E-state index contributed by atoms with van der Waals surface area (Å²) in [6.07, 6.45) is 0. The Labute approximate surface area is 60.7 Å². The van der Waals surface area contributed by atoms with Crippen molar-refractivity contribution in [2.45, 2.75) is 5.60 Å². The monoisotopic (exact) mass is 166 g/mol. The molecule has 9 heavy (non-hydrogen) atoms. The van der Waals surface area contributed by atoms with Gasteiger partial charge >= 0.3 is 0 Å². The third-order valence-electron chi connectivity index (χ3n) is 1.37. The van der Waals surface area contributed by atoms with Crippen LogP contribution >= 0.6 is 0 Å². The molecule has 0 N–H and O–H groups in total. The van der Waals surface area contributed by atoms with Crippen molar-refractivity contribution in [2.75, 3.05) is 21.3 Å². The summed E-state index contributed by atoms with van der Waals surface area (Å²) in [4.78, 5) is 0. The van der Waals surface area contributed by atoms with Crippen molar-refractivity contribution in [1.82, 2.24) is 0 Å². The van der Waals surface area contributed by atoms with Crippen LogP contribution in [-0.2, 0) is 14.2 Å². The minimum Gasteiger partial charge on any atom is -0.336 e. The van der Waals surface area contributed by atoms with Crippen LogP contribution in [-0.4, -0.2) is 45.7 Å². The molecule has 0 atom stereocenters. The van der Waals surface area contributed by atoms with Gasteiger partial charge in [-0.05, 0) is 0 Å². The standard InChI is InChI=1S/C4H14O3Si2/c1-5-4(6-2,7-3)9-8/h9H2,1-3,8H3. The molecular formula is C4H14O3Si2. The van der Waals surface area contributed by atoms with Gasteiger partial charge < -0.3 is 14.2 Å². The van der Waals surface area contributed by atoms with Crippen LogP contribution in [0.1, 0.15) is 0 Å². The van der Waals surface area contributed by atoms with Crippen LogP contribution in [0, 0.1) is 0 Å². The molecule has 0 aromatic rings. The van der Waals surface area contributed by atoms with E-state index < -0.39 is 5.60 Å². The molecule has 3 nitrogen and oxygen atoms in total. The summed E-state index contributed by atoms with van der Waals surface area (Å²) in [5, 5.41) is 0. The SMILES string of the molecule is COC(OC)(OC)[SiH2][SiH3]. The van der Waals surface area contributed by atoms with E-state index >= 15 is 0 Å². The number of hydrogen-bond donors (Lipinski definition) is 0. The van der Waals surface area contributed by atoms with Crippen molar-refractivity contribution in [1.29, 1.82) is 0 Å². The van der Waals surface area contributed by atoms with Gasteiger partial charge in [-0.2, -0.15) is 0 Å². The van der Waals surface area contributed by atoms with Crippen molar-refractivity contribution >= 4 is 18.8 Å². The molecule has 0 aliphatic rings. The molecule has 0 radical (unpaired) electrons. The maximum absolute atomic E-state index is 5.04. The van der Waals surface area contributed by atoms with Gasteiger partial charge in [0, 0.05) is 31.1 Å². The first-order valence-electron chi connectivity index (χ1n) is 2.90. The third kappa shape index (κ3) is 2.19. The van der Waals surface area contributed by atoms with Crippen molar-refractivity contribution < 1.29 is 14.2 Å². The fraction of sp³-hybridized carbons (Fsp3) is 1.00. The molecular weight excluding hydrogens is 152 g/mol.